The van der Waals surface area contributed by atoms with Crippen LogP contribution in [-0.2, 0) is 40.4 Å². The summed E-state index contributed by atoms with van der Waals surface area (Å²) in [6.45, 7) is 0.771. The normalized spacial score (nSPS) is 15.0. The molecule has 0 aromatic heterocycles. The molecular formula is C54H32F10O10S. The van der Waals surface area contributed by atoms with Gasteiger partial charge in [0.15, 0.2) is 0 Å². The Morgan fingerprint density at radius 1 is 0.293 bits per heavy atom. The first-order chi connectivity index (χ1) is 36.0. The Labute approximate surface area is 418 Å². The molecule has 2 heterocycles. The minimum Gasteiger partial charge on any atom is -0.457 e. The molecule has 75 heavy (non-hydrogen) atoms. The van der Waals surface area contributed by atoms with Gasteiger partial charge in [-0.25, -0.2) is 34.8 Å². The van der Waals surface area contributed by atoms with Gasteiger partial charge in [0.25, 0.3) is 0 Å². The second-order valence-electron chi connectivity index (χ2n) is 16.4. The molecule has 2 aliphatic heterocycles. The molecule has 0 spiro atoms. The van der Waals surface area contributed by atoms with Gasteiger partial charge in [-0.3, -0.25) is 0 Å². The van der Waals surface area contributed by atoms with Crippen LogP contribution in [-0.4, -0.2) is 34.8 Å². The number of sulfone groups is 1. The van der Waals surface area contributed by atoms with Gasteiger partial charge in [0.1, 0.15) is 34.5 Å². The summed E-state index contributed by atoms with van der Waals surface area (Å²) in [7, 11) is -4.01. The maximum Gasteiger partial charge on any atom is 0.222 e. The Morgan fingerprint density at radius 3 is 0.733 bits per heavy atom. The molecule has 0 radical (unpaired) electrons. The molecule has 8 aromatic carbocycles. The Balaban J connectivity index is 0.765. The van der Waals surface area contributed by atoms with Gasteiger partial charge >= 0.3 is 0 Å². The van der Waals surface area contributed by atoms with Crippen molar-refractivity contribution in [3.8, 4) is 46.0 Å². The quantitative estimate of drug-likeness (QED) is 0.0593. The number of rotatable bonds is 14. The van der Waals surface area contributed by atoms with Gasteiger partial charge in [0, 0.05) is 22.3 Å². The van der Waals surface area contributed by atoms with Crippen LogP contribution >= 0.6 is 0 Å². The van der Waals surface area contributed by atoms with Crippen molar-refractivity contribution in [3.63, 3.8) is 0 Å². The van der Waals surface area contributed by atoms with E-state index in [-0.39, 0.29) is 47.7 Å². The summed E-state index contributed by atoms with van der Waals surface area (Å²) in [6.07, 6.45) is 0. The molecule has 0 N–H and O–H groups in total. The fourth-order valence-electron chi connectivity index (χ4n) is 8.16. The molecule has 2 aliphatic rings. The Hall–Kier alpha value is -7.95. The number of hydrogen-bond acceptors (Lipinski definition) is 10. The fourth-order valence-corrected chi connectivity index (χ4v) is 9.42. The summed E-state index contributed by atoms with van der Waals surface area (Å²) < 4.78 is 212. The van der Waals surface area contributed by atoms with Crippen LogP contribution < -0.4 is 18.9 Å². The molecule has 8 aromatic rings. The lowest BCUT2D eigenvalue weighted by molar-refractivity contribution is -0.130. The van der Waals surface area contributed by atoms with Gasteiger partial charge in [-0.1, -0.05) is 0 Å². The molecular weight excluding hydrogens is 1030 g/mol. The van der Waals surface area contributed by atoms with E-state index in [1.54, 1.807) is 48.5 Å². The lowest BCUT2D eigenvalue weighted by Gasteiger charge is -2.28. The molecule has 0 aliphatic carbocycles. The highest BCUT2D eigenvalue weighted by atomic mass is 32.2. The van der Waals surface area contributed by atoms with Crippen LogP contribution in [0.3, 0.4) is 0 Å². The molecule has 2 saturated heterocycles. The largest absolute Gasteiger partial charge is 0.457 e. The standard InChI is InChI=1S/C54H32F10O10S/c55-41-43(57)47(61)51(48(62)44(41)58)73-37-13-5-31(6-14-37)53(67-25-26-68-53)29-1-9-33(10-2-29)71-35-17-21-39(22-18-35)75(65,66)40-23-19-36(20-24-40)72-34-11-3-30(4-12-34)54(69-27-28-70-54)32-7-15-38(16-8-32)74-52-49(63)45(59)42(56)46(60)50(52)64/h1-24H,25-28H2. The monoisotopic (exact) mass is 1060 g/mol. The van der Waals surface area contributed by atoms with Crippen molar-refractivity contribution >= 4 is 9.84 Å². The van der Waals surface area contributed by atoms with Crippen molar-refractivity contribution < 1.29 is 90.2 Å². The van der Waals surface area contributed by atoms with E-state index in [1.165, 1.54) is 97.1 Å². The first-order valence-electron chi connectivity index (χ1n) is 22.2. The zero-order valence-corrected chi connectivity index (χ0v) is 38.8. The maximum absolute atomic E-state index is 14.2. The van der Waals surface area contributed by atoms with Gasteiger partial charge in [-0.2, -0.15) is 17.6 Å². The molecule has 0 unspecified atom stereocenters. The fraction of sp³-hybridized carbons (Fsp3) is 0.111. The summed E-state index contributed by atoms with van der Waals surface area (Å²) in [5, 5.41) is 0. The van der Waals surface area contributed by atoms with E-state index in [2.05, 4.69) is 0 Å². The van der Waals surface area contributed by atoms with Gasteiger partial charge in [-0.15, -0.1) is 0 Å². The zero-order valence-electron chi connectivity index (χ0n) is 38.0. The summed E-state index contributed by atoms with van der Waals surface area (Å²) in [6, 6.07) is 35.3. The Morgan fingerprint density at radius 2 is 0.493 bits per heavy atom. The van der Waals surface area contributed by atoms with Crippen molar-refractivity contribution in [2.45, 2.75) is 21.4 Å². The van der Waals surface area contributed by atoms with Crippen molar-refractivity contribution in [2.24, 2.45) is 0 Å². The second-order valence-corrected chi connectivity index (χ2v) is 18.3. The predicted molar refractivity (Wildman–Crippen MR) is 242 cm³/mol. The lowest BCUT2D eigenvalue weighted by Crippen LogP contribution is -2.28. The molecule has 10 nitrogen and oxygen atoms in total. The van der Waals surface area contributed by atoms with Crippen LogP contribution in [0, 0.1) is 58.2 Å². The van der Waals surface area contributed by atoms with Crippen molar-refractivity contribution in [1.82, 2.24) is 0 Å². The van der Waals surface area contributed by atoms with Gasteiger partial charge in [0.2, 0.25) is 91.1 Å². The molecule has 2 fully saturated rings. The second kappa shape index (κ2) is 20.1. The molecule has 0 bridgehead atoms. The van der Waals surface area contributed by atoms with Crippen LogP contribution in [0.25, 0.3) is 0 Å². The topological polar surface area (TPSA) is 108 Å². The highest BCUT2D eigenvalue weighted by molar-refractivity contribution is 7.91. The third kappa shape index (κ3) is 9.37. The third-order valence-electron chi connectivity index (χ3n) is 11.8. The van der Waals surface area contributed by atoms with E-state index in [9.17, 15) is 52.3 Å². The summed E-state index contributed by atoms with van der Waals surface area (Å²) in [5.74, 6) is -26.7. The third-order valence-corrected chi connectivity index (χ3v) is 13.6. The summed E-state index contributed by atoms with van der Waals surface area (Å²) in [4.78, 5) is -0.0472. The first-order valence-corrected chi connectivity index (χ1v) is 23.6. The molecule has 0 atom stereocenters. The predicted octanol–water partition coefficient (Wildman–Crippen LogP) is 13.6. The first kappa shape index (κ1) is 50.6. The zero-order chi connectivity index (χ0) is 52.8. The highest BCUT2D eigenvalue weighted by Crippen LogP contribution is 2.43. The van der Waals surface area contributed by atoms with E-state index in [1.807, 2.05) is 0 Å². The summed E-state index contributed by atoms with van der Waals surface area (Å²) >= 11 is 0. The van der Waals surface area contributed by atoms with E-state index in [0.717, 1.165) is 0 Å². The highest BCUT2D eigenvalue weighted by Gasteiger charge is 2.42. The number of halogens is 10. The maximum atomic E-state index is 14.2. The molecule has 384 valence electrons. The van der Waals surface area contributed by atoms with E-state index >= 15 is 0 Å². The van der Waals surface area contributed by atoms with E-state index in [0.29, 0.717) is 45.3 Å². The van der Waals surface area contributed by atoms with Gasteiger partial charge < -0.3 is 37.9 Å². The average molecular weight is 1060 g/mol. The minimum atomic E-state index is -4.01. The van der Waals surface area contributed by atoms with E-state index in [4.69, 9.17) is 37.9 Å². The lowest BCUT2D eigenvalue weighted by atomic mass is 9.97. The molecule has 0 amide bonds. The van der Waals surface area contributed by atoms with Crippen LogP contribution in [0.2, 0.25) is 0 Å². The smallest absolute Gasteiger partial charge is 0.222 e. The summed E-state index contributed by atoms with van der Waals surface area (Å²) in [5.41, 5.74) is 1.85. The SMILES string of the molecule is O=S(=O)(c1ccc(Oc2ccc(C3(c4ccc(Oc5c(F)c(F)c(F)c(F)c5F)cc4)OCCO3)cc2)cc1)c1ccc(Oc2ccc(C3(c4ccc(Oc5c(F)c(F)c(F)c(F)c5F)cc4)OCCO3)cc2)cc1. The average Bonchev–Trinajstić information content (AvgIpc) is 4.15. The van der Waals surface area contributed by atoms with Crippen molar-refractivity contribution in [1.29, 1.82) is 0 Å². The number of benzene rings is 8. The Kier molecular flexibility index (Phi) is 13.5. The van der Waals surface area contributed by atoms with Crippen molar-refractivity contribution in [2.75, 3.05) is 26.4 Å². The van der Waals surface area contributed by atoms with Crippen LogP contribution in [0.5, 0.6) is 46.0 Å². The Bertz CT molecular complexity index is 3250. The van der Waals surface area contributed by atoms with Crippen LogP contribution in [0.4, 0.5) is 43.9 Å². The minimum absolute atomic E-state index is 0.0236. The van der Waals surface area contributed by atoms with Crippen LogP contribution in [0.1, 0.15) is 22.3 Å². The molecule has 0 saturated carbocycles. The van der Waals surface area contributed by atoms with Gasteiger partial charge in [0.05, 0.1) is 36.2 Å². The van der Waals surface area contributed by atoms with Crippen LogP contribution in [0.15, 0.2) is 155 Å². The number of ether oxygens (including phenoxy) is 8. The molecule has 10 rings (SSSR count). The molecule has 21 heteroatoms. The number of hydrogen-bond donors (Lipinski definition) is 0. The van der Waals surface area contributed by atoms with E-state index < -0.39 is 91.1 Å². The van der Waals surface area contributed by atoms with Crippen molar-refractivity contribution in [3.05, 3.63) is 226 Å². The van der Waals surface area contributed by atoms with Gasteiger partial charge in [-0.05, 0) is 146 Å².